The van der Waals surface area contributed by atoms with Crippen molar-refractivity contribution in [2.24, 2.45) is 5.73 Å². The van der Waals surface area contributed by atoms with Gasteiger partial charge in [0.05, 0.1) is 16.4 Å². The minimum atomic E-state index is -0.303. The number of aromatic nitrogens is 1. The van der Waals surface area contributed by atoms with Gasteiger partial charge in [-0.15, -0.1) is 23.7 Å². The molecule has 3 amide bonds. The third kappa shape index (κ3) is 4.94. The average molecular weight is 396 g/mol. The lowest BCUT2D eigenvalue weighted by Gasteiger charge is -2.18. The number of rotatable bonds is 5. The van der Waals surface area contributed by atoms with Gasteiger partial charge in [-0.05, 0) is 31.5 Å². The Hall–Kier alpha value is -2.16. The zero-order valence-electron chi connectivity index (χ0n) is 14.2. The number of anilines is 2. The van der Waals surface area contributed by atoms with Gasteiger partial charge in [0.15, 0.2) is 0 Å². The normalized spacial score (nSPS) is 13.2. The molecular formula is C17H22ClN5O2S. The van der Waals surface area contributed by atoms with Gasteiger partial charge >= 0.3 is 6.03 Å². The van der Waals surface area contributed by atoms with E-state index in [2.05, 4.69) is 15.6 Å². The molecule has 0 spiro atoms. The highest BCUT2D eigenvalue weighted by Crippen LogP contribution is 2.23. The molecule has 1 aliphatic rings. The maximum Gasteiger partial charge on any atom is 0.321 e. The predicted octanol–water partition coefficient (Wildman–Crippen LogP) is 2.95. The number of carbonyl (C=O) groups excluding carboxylic acids is 2. The Kier molecular flexibility index (Phi) is 7.38. The fourth-order valence-corrected chi connectivity index (χ4v) is 3.45. The van der Waals surface area contributed by atoms with Crippen LogP contribution in [0.2, 0.25) is 0 Å². The zero-order valence-corrected chi connectivity index (χ0v) is 15.9. The maximum absolute atomic E-state index is 12.4. The zero-order chi connectivity index (χ0) is 17.6. The van der Waals surface area contributed by atoms with E-state index in [1.54, 1.807) is 22.4 Å². The van der Waals surface area contributed by atoms with E-state index in [9.17, 15) is 9.59 Å². The van der Waals surface area contributed by atoms with E-state index in [1.165, 1.54) is 11.3 Å². The number of carbonyl (C=O) groups is 2. The molecule has 0 bridgehead atoms. The molecule has 26 heavy (non-hydrogen) atoms. The third-order valence-electron chi connectivity index (χ3n) is 3.95. The van der Waals surface area contributed by atoms with Gasteiger partial charge in [0.2, 0.25) is 0 Å². The lowest BCUT2D eigenvalue weighted by molar-refractivity contribution is 0.102. The first kappa shape index (κ1) is 20.2. The van der Waals surface area contributed by atoms with Gasteiger partial charge in [-0.25, -0.2) is 9.78 Å². The number of benzene rings is 1. The molecule has 3 rings (SSSR count). The van der Waals surface area contributed by atoms with Crippen LogP contribution < -0.4 is 16.4 Å². The number of halogens is 1. The summed E-state index contributed by atoms with van der Waals surface area (Å²) in [6, 6.07) is 7.01. The van der Waals surface area contributed by atoms with Crippen LogP contribution in [0.5, 0.6) is 0 Å². The number of nitrogens with one attached hydrogen (secondary N) is 2. The van der Waals surface area contributed by atoms with E-state index in [0.717, 1.165) is 30.9 Å². The summed E-state index contributed by atoms with van der Waals surface area (Å²) in [7, 11) is 0. The highest BCUT2D eigenvalue weighted by molar-refractivity contribution is 7.09. The summed E-state index contributed by atoms with van der Waals surface area (Å²) in [5.41, 5.74) is 6.99. The van der Waals surface area contributed by atoms with Gasteiger partial charge in [0.25, 0.3) is 5.91 Å². The molecule has 9 heteroatoms. The number of thiazole rings is 1. The second kappa shape index (κ2) is 9.51. The number of hydrogen-bond acceptors (Lipinski definition) is 5. The van der Waals surface area contributed by atoms with Crippen LogP contribution >= 0.6 is 23.7 Å². The SMILES string of the molecule is Cl.NCCc1nc(C(=O)Nc2ccccc2NC(=O)N2CCCC2)cs1. The smallest absolute Gasteiger partial charge is 0.321 e. The van der Waals surface area contributed by atoms with Crippen molar-refractivity contribution < 1.29 is 9.59 Å². The molecule has 1 fully saturated rings. The molecule has 2 aromatic rings. The Balaban J connectivity index is 0.00000243. The number of para-hydroxylation sites is 2. The van der Waals surface area contributed by atoms with Crippen LogP contribution in [0.25, 0.3) is 0 Å². The predicted molar refractivity (Wildman–Crippen MR) is 106 cm³/mol. The third-order valence-corrected chi connectivity index (χ3v) is 4.86. The highest BCUT2D eigenvalue weighted by Gasteiger charge is 2.19. The summed E-state index contributed by atoms with van der Waals surface area (Å²) in [6.07, 6.45) is 2.71. The Morgan fingerprint density at radius 1 is 1.15 bits per heavy atom. The summed E-state index contributed by atoms with van der Waals surface area (Å²) >= 11 is 1.42. The monoisotopic (exact) mass is 395 g/mol. The van der Waals surface area contributed by atoms with Gasteiger partial charge in [0, 0.05) is 24.9 Å². The first-order chi connectivity index (χ1) is 12.2. The summed E-state index contributed by atoms with van der Waals surface area (Å²) in [4.78, 5) is 30.7. The second-order valence-electron chi connectivity index (χ2n) is 5.79. The van der Waals surface area contributed by atoms with E-state index in [-0.39, 0.29) is 24.3 Å². The standard InChI is InChI=1S/C17H21N5O2S.ClH/c18-8-7-15-19-14(11-25-15)16(23)20-12-5-1-2-6-13(12)21-17(24)22-9-3-4-10-22;/h1-2,5-6,11H,3-4,7-10,18H2,(H,20,23)(H,21,24);1H. The number of hydrogen-bond donors (Lipinski definition) is 3. The Bertz CT molecular complexity index is 761. The summed E-state index contributed by atoms with van der Waals surface area (Å²) in [5, 5.41) is 8.24. The first-order valence-corrected chi connectivity index (χ1v) is 9.16. The van der Waals surface area contributed by atoms with Gasteiger partial charge in [-0.3, -0.25) is 4.79 Å². The number of amides is 3. The van der Waals surface area contributed by atoms with Crippen molar-refractivity contribution in [3.63, 3.8) is 0 Å². The van der Waals surface area contributed by atoms with E-state index in [0.29, 0.717) is 30.0 Å². The molecule has 1 aliphatic heterocycles. The van der Waals surface area contributed by atoms with Crippen molar-refractivity contribution in [2.45, 2.75) is 19.3 Å². The molecule has 1 aromatic carbocycles. The van der Waals surface area contributed by atoms with Gasteiger partial charge in [0.1, 0.15) is 5.69 Å². The molecule has 0 unspecified atom stereocenters. The largest absolute Gasteiger partial charge is 0.330 e. The molecule has 0 saturated carbocycles. The van der Waals surface area contributed by atoms with E-state index in [4.69, 9.17) is 5.73 Å². The average Bonchev–Trinajstić information content (AvgIpc) is 3.28. The lowest BCUT2D eigenvalue weighted by Crippen LogP contribution is -2.32. The van der Waals surface area contributed by atoms with Crippen molar-refractivity contribution in [3.05, 3.63) is 40.3 Å². The second-order valence-corrected chi connectivity index (χ2v) is 6.73. The van der Waals surface area contributed by atoms with Crippen molar-refractivity contribution in [1.29, 1.82) is 0 Å². The van der Waals surface area contributed by atoms with Crippen LogP contribution in [-0.4, -0.2) is 41.5 Å². The molecule has 7 nitrogen and oxygen atoms in total. The number of nitrogens with two attached hydrogens (primary N) is 1. The summed E-state index contributed by atoms with van der Waals surface area (Å²) < 4.78 is 0. The van der Waals surface area contributed by atoms with Crippen molar-refractivity contribution in [3.8, 4) is 0 Å². The van der Waals surface area contributed by atoms with Crippen molar-refractivity contribution in [1.82, 2.24) is 9.88 Å². The minimum Gasteiger partial charge on any atom is -0.330 e. The number of nitrogens with zero attached hydrogens (tertiary/aromatic N) is 2. The maximum atomic E-state index is 12.4. The van der Waals surface area contributed by atoms with Crippen LogP contribution in [0.4, 0.5) is 16.2 Å². The van der Waals surface area contributed by atoms with E-state index >= 15 is 0 Å². The van der Waals surface area contributed by atoms with Crippen LogP contribution in [0.3, 0.4) is 0 Å². The Morgan fingerprint density at radius 3 is 2.46 bits per heavy atom. The molecule has 140 valence electrons. The molecule has 0 aliphatic carbocycles. The highest BCUT2D eigenvalue weighted by atomic mass is 35.5. The molecule has 1 saturated heterocycles. The van der Waals surface area contributed by atoms with E-state index in [1.807, 2.05) is 12.1 Å². The molecule has 0 radical (unpaired) electrons. The number of likely N-dealkylation sites (tertiary alicyclic amines) is 1. The summed E-state index contributed by atoms with van der Waals surface area (Å²) in [6.45, 7) is 2.03. The molecule has 1 aromatic heterocycles. The topological polar surface area (TPSA) is 100 Å². The van der Waals surface area contributed by atoms with Crippen molar-refractivity contribution >= 4 is 47.1 Å². The molecule has 4 N–H and O–H groups in total. The van der Waals surface area contributed by atoms with Crippen LogP contribution in [0.15, 0.2) is 29.6 Å². The fourth-order valence-electron chi connectivity index (χ4n) is 2.66. The number of urea groups is 1. The van der Waals surface area contributed by atoms with Crippen LogP contribution in [0.1, 0.15) is 28.3 Å². The molecule has 2 heterocycles. The molecule has 0 atom stereocenters. The quantitative estimate of drug-likeness (QED) is 0.724. The van der Waals surface area contributed by atoms with Crippen molar-refractivity contribution in [2.75, 3.05) is 30.3 Å². The first-order valence-electron chi connectivity index (χ1n) is 8.28. The van der Waals surface area contributed by atoms with Gasteiger partial charge in [-0.1, -0.05) is 12.1 Å². The Morgan fingerprint density at radius 2 is 1.81 bits per heavy atom. The molecular weight excluding hydrogens is 374 g/mol. The van der Waals surface area contributed by atoms with Gasteiger partial charge < -0.3 is 21.3 Å². The van der Waals surface area contributed by atoms with Crippen LogP contribution in [-0.2, 0) is 6.42 Å². The fraction of sp³-hybridized carbons (Fsp3) is 0.353. The van der Waals surface area contributed by atoms with Crippen LogP contribution in [0, 0.1) is 0 Å². The minimum absolute atomic E-state index is 0. The lowest BCUT2D eigenvalue weighted by atomic mass is 10.2. The Labute approximate surface area is 162 Å². The van der Waals surface area contributed by atoms with E-state index < -0.39 is 0 Å². The van der Waals surface area contributed by atoms with Gasteiger partial charge in [-0.2, -0.15) is 0 Å². The summed E-state index contributed by atoms with van der Waals surface area (Å²) in [5.74, 6) is -0.303.